The van der Waals surface area contributed by atoms with E-state index in [0.717, 1.165) is 6.08 Å². The van der Waals surface area contributed by atoms with Crippen LogP contribution in [0.2, 0.25) is 0 Å². The predicted octanol–water partition coefficient (Wildman–Crippen LogP) is 0.798. The fourth-order valence-electron chi connectivity index (χ4n) is 0.700. The van der Waals surface area contributed by atoms with Gasteiger partial charge in [0.1, 0.15) is 0 Å². The summed E-state index contributed by atoms with van der Waals surface area (Å²) in [5.74, 6) is -0.687. The molecule has 0 aliphatic heterocycles. The van der Waals surface area contributed by atoms with E-state index in [-0.39, 0.29) is 6.42 Å². The highest BCUT2D eigenvalue weighted by molar-refractivity contribution is 7.88. The highest BCUT2D eigenvalue weighted by Crippen LogP contribution is 2.21. The van der Waals surface area contributed by atoms with Gasteiger partial charge in [0.25, 0.3) is 10.1 Å². The van der Waals surface area contributed by atoms with E-state index < -0.39 is 20.6 Å². The summed E-state index contributed by atoms with van der Waals surface area (Å²) in [6.45, 7) is 5.85. The summed E-state index contributed by atoms with van der Waals surface area (Å²) >= 11 is 0. The van der Waals surface area contributed by atoms with Crippen LogP contribution in [0.5, 0.6) is 0 Å². The summed E-state index contributed by atoms with van der Waals surface area (Å²) in [4.78, 5) is 11.1. The molecule has 0 aromatic carbocycles. The minimum Gasteiger partial charge on any atom is -0.293 e. The monoisotopic (exact) mass is 192 g/mol. The number of carbonyl (C=O) groups excluding carboxylic acids is 1. The van der Waals surface area contributed by atoms with Gasteiger partial charge in [0.15, 0.2) is 10.5 Å². The molecule has 0 rings (SSSR count). The first-order valence-electron chi connectivity index (χ1n) is 3.43. The van der Waals surface area contributed by atoms with Gasteiger partial charge in [-0.05, 0) is 19.4 Å². The number of hydrogen-bond donors (Lipinski definition) is 1. The van der Waals surface area contributed by atoms with Gasteiger partial charge in [-0.25, -0.2) is 0 Å². The van der Waals surface area contributed by atoms with Gasteiger partial charge in [0, 0.05) is 0 Å². The van der Waals surface area contributed by atoms with E-state index >= 15 is 0 Å². The number of carbonyl (C=O) groups is 1. The van der Waals surface area contributed by atoms with Gasteiger partial charge in [-0.1, -0.05) is 13.5 Å². The molecule has 0 radical (unpaired) electrons. The van der Waals surface area contributed by atoms with Crippen molar-refractivity contribution < 1.29 is 17.8 Å². The molecule has 0 saturated carbocycles. The van der Waals surface area contributed by atoms with E-state index in [9.17, 15) is 13.2 Å². The van der Waals surface area contributed by atoms with Crippen LogP contribution in [0.3, 0.4) is 0 Å². The molecule has 1 unspecified atom stereocenters. The predicted molar refractivity (Wildman–Crippen MR) is 45.4 cm³/mol. The molecule has 1 atom stereocenters. The average Bonchev–Trinajstić information content (AvgIpc) is 1.99. The van der Waals surface area contributed by atoms with Crippen molar-refractivity contribution in [1.29, 1.82) is 0 Å². The van der Waals surface area contributed by atoms with Crippen LogP contribution < -0.4 is 0 Å². The van der Waals surface area contributed by atoms with Gasteiger partial charge in [-0.3, -0.25) is 9.35 Å². The Morgan fingerprint density at radius 1 is 1.67 bits per heavy atom. The number of allylic oxidation sites excluding steroid dienone is 1. The maximum Gasteiger partial charge on any atom is 0.277 e. The lowest BCUT2D eigenvalue weighted by atomic mass is 10.0. The Labute approximate surface area is 72.0 Å². The molecule has 0 spiro atoms. The van der Waals surface area contributed by atoms with E-state index in [1.54, 1.807) is 0 Å². The Morgan fingerprint density at radius 2 is 2.08 bits per heavy atom. The topological polar surface area (TPSA) is 71.4 Å². The zero-order chi connectivity index (χ0) is 9.99. The van der Waals surface area contributed by atoms with Gasteiger partial charge in [-0.2, -0.15) is 8.42 Å². The number of hydrogen-bond acceptors (Lipinski definition) is 3. The molecule has 70 valence electrons. The van der Waals surface area contributed by atoms with E-state index in [1.165, 1.54) is 13.8 Å². The Hall–Kier alpha value is -0.680. The van der Waals surface area contributed by atoms with Crippen LogP contribution >= 0.6 is 0 Å². The largest absolute Gasteiger partial charge is 0.293 e. The minimum absolute atomic E-state index is 0.0245. The van der Waals surface area contributed by atoms with Crippen molar-refractivity contribution in [1.82, 2.24) is 0 Å². The van der Waals surface area contributed by atoms with Crippen molar-refractivity contribution >= 4 is 15.9 Å². The zero-order valence-corrected chi connectivity index (χ0v) is 7.89. The fourth-order valence-corrected chi connectivity index (χ4v) is 1.40. The van der Waals surface area contributed by atoms with Gasteiger partial charge < -0.3 is 0 Å². The van der Waals surface area contributed by atoms with Crippen molar-refractivity contribution in [3.63, 3.8) is 0 Å². The smallest absolute Gasteiger partial charge is 0.277 e. The first-order valence-corrected chi connectivity index (χ1v) is 4.87. The number of rotatable bonds is 4. The van der Waals surface area contributed by atoms with Crippen molar-refractivity contribution in [2.75, 3.05) is 0 Å². The summed E-state index contributed by atoms with van der Waals surface area (Å²) in [5.41, 5.74) is 0. The van der Waals surface area contributed by atoms with Crippen LogP contribution in [0.1, 0.15) is 20.3 Å². The van der Waals surface area contributed by atoms with E-state index in [2.05, 4.69) is 6.58 Å². The Bertz CT molecular complexity index is 291. The summed E-state index contributed by atoms with van der Waals surface area (Å²) < 4.78 is 28.5. The van der Waals surface area contributed by atoms with Crippen LogP contribution in [0.15, 0.2) is 12.7 Å². The third-order valence-electron chi connectivity index (χ3n) is 1.95. The maximum absolute atomic E-state index is 11.1. The molecule has 0 heterocycles. The van der Waals surface area contributed by atoms with Crippen molar-refractivity contribution in [3.05, 3.63) is 12.7 Å². The second-order valence-corrected chi connectivity index (χ2v) is 4.48. The van der Waals surface area contributed by atoms with Crippen molar-refractivity contribution in [2.45, 2.75) is 25.0 Å². The lowest BCUT2D eigenvalue weighted by Gasteiger charge is -2.20. The van der Waals surface area contributed by atoms with Gasteiger partial charge in [-0.15, -0.1) is 0 Å². The Morgan fingerprint density at radius 3 is 2.17 bits per heavy atom. The average molecular weight is 192 g/mol. The lowest BCUT2D eigenvalue weighted by molar-refractivity contribution is -0.116. The summed E-state index contributed by atoms with van der Waals surface area (Å²) in [6.07, 6.45) is 0.925. The molecule has 0 aliphatic carbocycles. The van der Waals surface area contributed by atoms with Crippen LogP contribution in [0, 0.1) is 0 Å². The molecule has 0 aromatic rings. The normalized spacial score (nSPS) is 16.6. The Balaban J connectivity index is 5.22. The van der Waals surface area contributed by atoms with E-state index in [1.807, 2.05) is 0 Å². The standard InChI is InChI=1S/C7H12O4S/c1-4-6(8)7(3,5-2)12(9,10)11/h4H,1,5H2,2-3H3,(H,9,10,11). The maximum atomic E-state index is 11.1. The molecule has 0 bridgehead atoms. The molecule has 0 aliphatic rings. The van der Waals surface area contributed by atoms with Gasteiger partial charge in [0.05, 0.1) is 0 Å². The van der Waals surface area contributed by atoms with Crippen LogP contribution in [-0.4, -0.2) is 23.5 Å². The quantitative estimate of drug-likeness (QED) is 0.528. The van der Waals surface area contributed by atoms with Gasteiger partial charge in [0.2, 0.25) is 0 Å². The molecule has 1 N–H and O–H groups in total. The SMILES string of the molecule is C=CC(=O)C(C)(CC)S(=O)(=O)O. The van der Waals surface area contributed by atoms with Crippen LogP contribution in [-0.2, 0) is 14.9 Å². The summed E-state index contributed by atoms with van der Waals surface area (Å²) in [7, 11) is -4.35. The zero-order valence-electron chi connectivity index (χ0n) is 7.07. The summed E-state index contributed by atoms with van der Waals surface area (Å²) in [5, 5.41) is 0. The molecule has 0 amide bonds. The second-order valence-electron chi connectivity index (χ2n) is 2.63. The van der Waals surface area contributed by atoms with E-state index in [4.69, 9.17) is 4.55 Å². The van der Waals surface area contributed by atoms with Crippen molar-refractivity contribution in [2.24, 2.45) is 0 Å². The van der Waals surface area contributed by atoms with Crippen LogP contribution in [0.25, 0.3) is 0 Å². The molecular formula is C7H12O4S. The third kappa shape index (κ3) is 1.73. The second kappa shape index (κ2) is 3.37. The molecule has 5 heteroatoms. The van der Waals surface area contributed by atoms with Crippen molar-refractivity contribution in [3.8, 4) is 0 Å². The third-order valence-corrected chi connectivity index (χ3v) is 3.58. The Kier molecular flexibility index (Phi) is 3.17. The highest BCUT2D eigenvalue weighted by Gasteiger charge is 2.41. The minimum atomic E-state index is -4.35. The highest BCUT2D eigenvalue weighted by atomic mass is 32.2. The molecule has 4 nitrogen and oxygen atoms in total. The molecule has 0 saturated heterocycles. The molecule has 0 aromatic heterocycles. The lowest BCUT2D eigenvalue weighted by Crippen LogP contribution is -2.41. The van der Waals surface area contributed by atoms with Gasteiger partial charge >= 0.3 is 0 Å². The van der Waals surface area contributed by atoms with Crippen LogP contribution in [0.4, 0.5) is 0 Å². The van der Waals surface area contributed by atoms with E-state index in [0.29, 0.717) is 0 Å². The first-order chi connectivity index (χ1) is 5.29. The first kappa shape index (κ1) is 11.3. The number of ketones is 1. The summed E-state index contributed by atoms with van der Waals surface area (Å²) in [6, 6.07) is 0. The fraction of sp³-hybridized carbons (Fsp3) is 0.571. The molecule has 12 heavy (non-hydrogen) atoms. The molecule has 0 fully saturated rings. The molecular weight excluding hydrogens is 180 g/mol.